The van der Waals surface area contributed by atoms with Crippen molar-refractivity contribution >= 4 is 10.9 Å². The van der Waals surface area contributed by atoms with Crippen molar-refractivity contribution in [3.8, 4) is 10.8 Å². The average Bonchev–Trinajstić information content (AvgIpc) is 1.65. The van der Waals surface area contributed by atoms with E-state index in [-0.39, 0.29) is 0 Å². The van der Waals surface area contributed by atoms with E-state index in [4.69, 9.17) is 10.5 Å². The summed E-state index contributed by atoms with van der Waals surface area (Å²) in [5.41, 5.74) is 0. The van der Waals surface area contributed by atoms with E-state index < -0.39 is 10.9 Å². The molecule has 2 nitrogen and oxygen atoms in total. The van der Waals surface area contributed by atoms with Crippen LogP contribution in [0.3, 0.4) is 0 Å². The van der Waals surface area contributed by atoms with Gasteiger partial charge in [-0.3, -0.25) is 0 Å². The summed E-state index contributed by atoms with van der Waals surface area (Å²) in [5, 5.41) is 19.4. The second kappa shape index (κ2) is 2.56. The van der Waals surface area contributed by atoms with Gasteiger partial charge in [0, 0.05) is 0 Å². The fourth-order valence-corrected chi connectivity index (χ4v) is 0.0671. The van der Waals surface area contributed by atoms with E-state index in [1.807, 2.05) is 10.8 Å². The molecular formula is C3H4N2S. The molecule has 0 atom stereocenters. The smallest absolute Gasteiger partial charge is 0.123 e. The maximum Gasteiger partial charge on any atom is 0.123 e. The van der Waals surface area contributed by atoms with Crippen LogP contribution >= 0.6 is 10.9 Å². The van der Waals surface area contributed by atoms with Gasteiger partial charge in [-0.2, -0.15) is 10.5 Å². The fraction of sp³-hybridized carbons (Fsp3) is 0.333. The Morgan fingerprint density at radius 3 is 1.67 bits per heavy atom. The van der Waals surface area contributed by atoms with Gasteiger partial charge in [0.1, 0.15) is 10.8 Å². The van der Waals surface area contributed by atoms with Gasteiger partial charge in [0.15, 0.2) is 0 Å². The Morgan fingerprint density at radius 1 is 1.33 bits per heavy atom. The third kappa shape index (κ3) is 1.63. The maximum atomic E-state index is 7.89. The Kier molecular flexibility index (Phi) is 2.27. The molecule has 0 aromatic rings. The molecule has 0 unspecified atom stereocenters. The first kappa shape index (κ1) is 5.33. The second-order valence-corrected chi connectivity index (χ2v) is 2.28. The molecule has 0 heterocycles. The van der Waals surface area contributed by atoms with Crippen LogP contribution in [0.2, 0.25) is 0 Å². The topological polar surface area (TPSA) is 47.6 Å². The van der Waals surface area contributed by atoms with E-state index in [0.717, 1.165) is 0 Å². The molecule has 0 aliphatic heterocycles. The molecule has 6 heavy (non-hydrogen) atoms. The van der Waals surface area contributed by atoms with Gasteiger partial charge in [-0.05, 0) is 6.26 Å². The first-order valence-electron chi connectivity index (χ1n) is 1.34. The zero-order valence-corrected chi connectivity index (χ0v) is 4.24. The van der Waals surface area contributed by atoms with Gasteiger partial charge in [-0.25, -0.2) is 0 Å². The van der Waals surface area contributed by atoms with Crippen molar-refractivity contribution in [2.24, 2.45) is 0 Å². The zero-order valence-electron chi connectivity index (χ0n) is 3.34. The predicted molar refractivity (Wildman–Crippen MR) is 26.1 cm³/mol. The van der Waals surface area contributed by atoms with E-state index in [2.05, 4.69) is 0 Å². The van der Waals surface area contributed by atoms with Crippen LogP contribution in [0, 0.1) is 21.3 Å². The minimum absolute atomic E-state index is 0.965. The normalized spacial score (nSPS) is 8.17. The number of hydrogen-bond donors (Lipinski definition) is 1. The molecule has 0 amide bonds. The number of nitrogens with zero attached hydrogens (tertiary/aromatic N) is 2. The first-order chi connectivity index (χ1) is 2.81. The maximum absolute atomic E-state index is 7.89. The van der Waals surface area contributed by atoms with E-state index in [0.29, 0.717) is 0 Å². The van der Waals surface area contributed by atoms with Gasteiger partial charge in [0.05, 0.1) is 0 Å². The van der Waals surface area contributed by atoms with Crippen LogP contribution in [0.1, 0.15) is 0 Å². The van der Waals surface area contributed by atoms with Crippen molar-refractivity contribution in [2.45, 2.75) is 0 Å². The molecule has 0 radical (unpaired) electrons. The summed E-state index contributed by atoms with van der Waals surface area (Å²) in [7, 11) is -0.965. The summed E-state index contributed by atoms with van der Waals surface area (Å²) in [5.74, 6) is 0. The van der Waals surface area contributed by atoms with Crippen LogP contribution in [0.5, 0.6) is 0 Å². The van der Waals surface area contributed by atoms with Crippen molar-refractivity contribution in [2.75, 3.05) is 6.26 Å². The Morgan fingerprint density at radius 2 is 1.67 bits per heavy atom. The van der Waals surface area contributed by atoms with Gasteiger partial charge in [0.2, 0.25) is 0 Å². The fourth-order valence-electron chi connectivity index (χ4n) is 0.0224. The number of thiol groups is 1. The molecule has 0 saturated carbocycles. The third-order valence-electron chi connectivity index (χ3n) is 0.300. The minimum atomic E-state index is -0.965. The molecule has 3 heteroatoms. The third-order valence-corrected chi connectivity index (χ3v) is 0.900. The van der Waals surface area contributed by atoms with Crippen LogP contribution in [-0.2, 0) is 0 Å². The lowest BCUT2D eigenvalue weighted by molar-refractivity contribution is 1.55. The van der Waals surface area contributed by atoms with Gasteiger partial charge in [-0.15, -0.1) is 0 Å². The molecule has 0 saturated heterocycles. The summed E-state index contributed by atoms with van der Waals surface area (Å²) in [6.07, 6.45) is 1.62. The molecule has 32 valence electrons. The monoisotopic (exact) mass is 100 g/mol. The molecule has 0 fully saturated rings. The van der Waals surface area contributed by atoms with Gasteiger partial charge in [-0.1, -0.05) is 10.9 Å². The van der Waals surface area contributed by atoms with Gasteiger partial charge < -0.3 is 0 Å². The molecule has 0 aromatic heterocycles. The first-order valence-corrected chi connectivity index (χ1v) is 3.13. The lowest BCUT2D eigenvalue weighted by Crippen LogP contribution is -1.56. The molecular weight excluding hydrogens is 96.1 g/mol. The Hall–Kier alpha value is -0.670. The summed E-state index contributed by atoms with van der Waals surface area (Å²) >= 11 is 0. The Labute approximate surface area is 39.3 Å². The Bertz CT molecular complexity index is 92.9. The standard InChI is InChI=1S/C3H4N2S/c1-6(2-4)3-5/h6H,1H3. The van der Waals surface area contributed by atoms with Crippen molar-refractivity contribution in [1.29, 1.82) is 10.5 Å². The van der Waals surface area contributed by atoms with Crippen LogP contribution in [-0.4, -0.2) is 6.26 Å². The van der Waals surface area contributed by atoms with E-state index in [1.54, 1.807) is 6.26 Å². The predicted octanol–water partition coefficient (Wildman–Crippen LogP) is 0.580. The molecule has 0 aromatic carbocycles. The summed E-state index contributed by atoms with van der Waals surface area (Å²) in [4.78, 5) is 0. The minimum Gasteiger partial charge on any atom is -0.186 e. The number of thiocyanates is 2. The average molecular weight is 100 g/mol. The summed E-state index contributed by atoms with van der Waals surface area (Å²) < 4.78 is 0. The van der Waals surface area contributed by atoms with Crippen LogP contribution in [0.15, 0.2) is 0 Å². The second-order valence-electron chi connectivity index (χ2n) is 0.759. The van der Waals surface area contributed by atoms with Crippen LogP contribution in [0.4, 0.5) is 0 Å². The Balaban J connectivity index is 3.40. The summed E-state index contributed by atoms with van der Waals surface area (Å²) in [6.45, 7) is 0. The molecule has 0 bridgehead atoms. The largest absolute Gasteiger partial charge is 0.186 e. The highest BCUT2D eigenvalue weighted by molar-refractivity contribution is 8.24. The molecule has 0 spiro atoms. The molecule has 0 N–H and O–H groups in total. The van der Waals surface area contributed by atoms with E-state index in [9.17, 15) is 0 Å². The van der Waals surface area contributed by atoms with Crippen molar-refractivity contribution in [1.82, 2.24) is 0 Å². The highest BCUT2D eigenvalue weighted by Crippen LogP contribution is 2.11. The highest BCUT2D eigenvalue weighted by atomic mass is 32.2. The van der Waals surface area contributed by atoms with Crippen molar-refractivity contribution < 1.29 is 0 Å². The zero-order chi connectivity index (χ0) is 4.99. The quantitative estimate of drug-likeness (QED) is 0.357. The molecule has 0 aliphatic rings. The lowest BCUT2D eigenvalue weighted by atomic mass is 11.7. The van der Waals surface area contributed by atoms with Crippen molar-refractivity contribution in [3.63, 3.8) is 0 Å². The van der Waals surface area contributed by atoms with Gasteiger partial charge >= 0.3 is 0 Å². The van der Waals surface area contributed by atoms with E-state index in [1.165, 1.54) is 0 Å². The van der Waals surface area contributed by atoms with Crippen LogP contribution < -0.4 is 0 Å². The van der Waals surface area contributed by atoms with Gasteiger partial charge in [0.25, 0.3) is 0 Å². The number of nitriles is 2. The van der Waals surface area contributed by atoms with E-state index >= 15 is 0 Å². The highest BCUT2D eigenvalue weighted by Gasteiger charge is 1.80. The number of rotatable bonds is 0. The molecule has 0 rings (SSSR count). The summed E-state index contributed by atoms with van der Waals surface area (Å²) in [6, 6.07) is 0. The van der Waals surface area contributed by atoms with Crippen molar-refractivity contribution in [3.05, 3.63) is 0 Å². The SMILES string of the molecule is C[SH](C#N)C#N. The molecule has 0 aliphatic carbocycles. The number of hydrogen-bond acceptors (Lipinski definition) is 2. The van der Waals surface area contributed by atoms with Crippen LogP contribution in [0.25, 0.3) is 0 Å². The lowest BCUT2D eigenvalue weighted by Gasteiger charge is -1.80.